The predicted octanol–water partition coefficient (Wildman–Crippen LogP) is 4.86. The fourth-order valence-electron chi connectivity index (χ4n) is 3.85. The van der Waals surface area contributed by atoms with E-state index in [1.807, 2.05) is 0 Å². The maximum absolute atomic E-state index is 11.5. The Bertz CT molecular complexity index is 339. The van der Waals surface area contributed by atoms with Gasteiger partial charge in [-0.3, -0.25) is 9.59 Å². The number of rotatable bonds is 10. The molecule has 4 heteroatoms. The second kappa shape index (κ2) is 8.54. The monoisotopic (exact) mass is 312 g/mol. The van der Waals surface area contributed by atoms with E-state index in [1.54, 1.807) is 0 Å². The van der Waals surface area contributed by atoms with E-state index in [2.05, 4.69) is 13.8 Å². The van der Waals surface area contributed by atoms with Gasteiger partial charge in [0.05, 0.1) is 0 Å². The van der Waals surface area contributed by atoms with Crippen molar-refractivity contribution in [1.82, 2.24) is 0 Å². The van der Waals surface area contributed by atoms with Gasteiger partial charge >= 0.3 is 11.9 Å². The fourth-order valence-corrected chi connectivity index (χ4v) is 3.85. The van der Waals surface area contributed by atoms with Gasteiger partial charge in [0.2, 0.25) is 0 Å². The van der Waals surface area contributed by atoms with Gasteiger partial charge in [-0.25, -0.2) is 0 Å². The summed E-state index contributed by atoms with van der Waals surface area (Å²) in [5.41, 5.74) is -1.36. The maximum atomic E-state index is 11.5. The number of aliphatic carboxylic acids is 2. The topological polar surface area (TPSA) is 74.6 Å². The lowest BCUT2D eigenvalue weighted by Crippen LogP contribution is -2.45. The van der Waals surface area contributed by atoms with Crippen LogP contribution in [0.2, 0.25) is 0 Å². The van der Waals surface area contributed by atoms with Crippen LogP contribution in [0.15, 0.2) is 0 Å². The predicted molar refractivity (Wildman–Crippen MR) is 86.9 cm³/mol. The lowest BCUT2D eigenvalue weighted by Gasteiger charge is -2.43. The average Bonchev–Trinajstić information content (AvgIpc) is 2.48. The number of unbranched alkanes of at least 4 members (excludes halogenated alkanes) is 4. The molecule has 1 rings (SSSR count). The number of carboxylic acids is 2. The van der Waals surface area contributed by atoms with Gasteiger partial charge in [-0.2, -0.15) is 0 Å². The number of carboxylic acid groups (broad SMARTS) is 2. The van der Waals surface area contributed by atoms with Crippen molar-refractivity contribution >= 4 is 11.9 Å². The number of hydrogen-bond donors (Lipinski definition) is 2. The molecule has 128 valence electrons. The van der Waals surface area contributed by atoms with Gasteiger partial charge in [0.15, 0.2) is 5.41 Å². The highest BCUT2D eigenvalue weighted by atomic mass is 16.4. The molecular weight excluding hydrogens is 280 g/mol. The molecule has 1 aliphatic carbocycles. The van der Waals surface area contributed by atoms with Crippen LogP contribution in [0.1, 0.15) is 90.9 Å². The molecule has 1 aliphatic rings. The van der Waals surface area contributed by atoms with Crippen LogP contribution in [0.4, 0.5) is 0 Å². The SMILES string of the molecule is CCCCCC1(CCCCC)CCC(C(=O)O)(C(=O)O)CC1. The zero-order valence-corrected chi connectivity index (χ0v) is 14.2. The van der Waals surface area contributed by atoms with Crippen LogP contribution in [-0.2, 0) is 9.59 Å². The van der Waals surface area contributed by atoms with Crippen LogP contribution in [-0.4, -0.2) is 22.2 Å². The lowest BCUT2D eigenvalue weighted by molar-refractivity contribution is -0.169. The van der Waals surface area contributed by atoms with E-state index in [4.69, 9.17) is 0 Å². The smallest absolute Gasteiger partial charge is 0.321 e. The van der Waals surface area contributed by atoms with Gasteiger partial charge < -0.3 is 10.2 Å². The zero-order chi connectivity index (χ0) is 16.6. The van der Waals surface area contributed by atoms with E-state index < -0.39 is 17.4 Å². The molecule has 0 amide bonds. The minimum atomic E-state index is -1.54. The van der Waals surface area contributed by atoms with E-state index in [0.717, 1.165) is 25.7 Å². The summed E-state index contributed by atoms with van der Waals surface area (Å²) < 4.78 is 0. The van der Waals surface area contributed by atoms with Gasteiger partial charge in [0.25, 0.3) is 0 Å². The van der Waals surface area contributed by atoms with Crippen LogP contribution in [0.3, 0.4) is 0 Å². The van der Waals surface area contributed by atoms with Crippen molar-refractivity contribution in [1.29, 1.82) is 0 Å². The summed E-state index contributed by atoms with van der Waals surface area (Å²) in [4.78, 5) is 22.9. The molecule has 4 nitrogen and oxygen atoms in total. The third kappa shape index (κ3) is 4.47. The Morgan fingerprint density at radius 2 is 1.18 bits per heavy atom. The summed E-state index contributed by atoms with van der Waals surface area (Å²) in [7, 11) is 0. The van der Waals surface area contributed by atoms with E-state index >= 15 is 0 Å². The van der Waals surface area contributed by atoms with Gasteiger partial charge in [-0.05, 0) is 43.9 Å². The van der Waals surface area contributed by atoms with E-state index in [0.29, 0.717) is 0 Å². The van der Waals surface area contributed by atoms with Crippen LogP contribution in [0.25, 0.3) is 0 Å². The third-order valence-electron chi connectivity index (χ3n) is 5.60. The minimum Gasteiger partial charge on any atom is -0.480 e. The minimum absolute atomic E-state index is 0.179. The van der Waals surface area contributed by atoms with Crippen molar-refractivity contribution < 1.29 is 19.8 Å². The van der Waals surface area contributed by atoms with Crippen LogP contribution >= 0.6 is 0 Å². The molecule has 0 aromatic rings. The molecule has 0 heterocycles. The van der Waals surface area contributed by atoms with Gasteiger partial charge in [-0.15, -0.1) is 0 Å². The highest BCUT2D eigenvalue weighted by molar-refractivity contribution is 5.98. The second-order valence-corrected chi connectivity index (χ2v) is 7.11. The van der Waals surface area contributed by atoms with Crippen molar-refractivity contribution in [2.24, 2.45) is 10.8 Å². The molecule has 0 bridgehead atoms. The Balaban J connectivity index is 2.75. The summed E-state index contributed by atoms with van der Waals surface area (Å²) >= 11 is 0. The Labute approximate surface area is 134 Å². The van der Waals surface area contributed by atoms with Crippen LogP contribution in [0, 0.1) is 10.8 Å². The van der Waals surface area contributed by atoms with E-state index in [9.17, 15) is 19.8 Å². The zero-order valence-electron chi connectivity index (χ0n) is 14.2. The standard InChI is InChI=1S/C18H32O4/c1-3-5-7-9-17(10-8-6-4-2)11-13-18(14-12-17,15(19)20)16(21)22/h3-14H2,1-2H3,(H,19,20)(H,21,22). The number of carbonyl (C=O) groups is 2. The molecule has 2 N–H and O–H groups in total. The second-order valence-electron chi connectivity index (χ2n) is 7.11. The van der Waals surface area contributed by atoms with Gasteiger partial charge in [0.1, 0.15) is 0 Å². The Morgan fingerprint density at radius 3 is 1.50 bits per heavy atom. The van der Waals surface area contributed by atoms with Crippen molar-refractivity contribution in [3.8, 4) is 0 Å². The first-order valence-electron chi connectivity index (χ1n) is 8.89. The summed E-state index contributed by atoms with van der Waals surface area (Å²) in [6.45, 7) is 4.37. The first kappa shape index (κ1) is 19.0. The van der Waals surface area contributed by atoms with Crippen molar-refractivity contribution in [2.75, 3.05) is 0 Å². The largest absolute Gasteiger partial charge is 0.480 e. The highest BCUT2D eigenvalue weighted by Crippen LogP contribution is 2.51. The van der Waals surface area contributed by atoms with E-state index in [-0.39, 0.29) is 18.3 Å². The quantitative estimate of drug-likeness (QED) is 0.446. The number of hydrogen-bond acceptors (Lipinski definition) is 2. The molecule has 0 unspecified atom stereocenters. The summed E-state index contributed by atoms with van der Waals surface area (Å²) in [5, 5.41) is 18.8. The summed E-state index contributed by atoms with van der Waals surface area (Å²) in [6.07, 6.45) is 11.4. The molecule has 22 heavy (non-hydrogen) atoms. The fraction of sp³-hybridized carbons (Fsp3) is 0.889. The van der Waals surface area contributed by atoms with Crippen molar-refractivity contribution in [2.45, 2.75) is 90.9 Å². The van der Waals surface area contributed by atoms with Crippen LogP contribution < -0.4 is 0 Å². The Kier molecular flexibility index (Phi) is 7.37. The molecule has 0 atom stereocenters. The van der Waals surface area contributed by atoms with Gasteiger partial charge in [0, 0.05) is 0 Å². The van der Waals surface area contributed by atoms with Crippen molar-refractivity contribution in [3.63, 3.8) is 0 Å². The molecular formula is C18H32O4. The lowest BCUT2D eigenvalue weighted by atomic mass is 9.60. The average molecular weight is 312 g/mol. The molecule has 0 saturated heterocycles. The Morgan fingerprint density at radius 1 is 0.773 bits per heavy atom. The Hall–Kier alpha value is -1.06. The summed E-state index contributed by atoms with van der Waals surface area (Å²) in [6, 6.07) is 0. The molecule has 0 aliphatic heterocycles. The molecule has 1 fully saturated rings. The molecule has 0 spiro atoms. The third-order valence-corrected chi connectivity index (χ3v) is 5.60. The maximum Gasteiger partial charge on any atom is 0.321 e. The molecule has 0 radical (unpaired) electrons. The first-order chi connectivity index (χ1) is 10.4. The molecule has 1 saturated carbocycles. The van der Waals surface area contributed by atoms with Crippen LogP contribution in [0.5, 0.6) is 0 Å². The normalized spacial score (nSPS) is 19.7. The highest BCUT2D eigenvalue weighted by Gasteiger charge is 2.52. The van der Waals surface area contributed by atoms with Gasteiger partial charge in [-0.1, -0.05) is 52.4 Å². The van der Waals surface area contributed by atoms with E-state index in [1.165, 1.54) is 38.5 Å². The molecule has 0 aromatic heterocycles. The molecule has 0 aromatic carbocycles. The van der Waals surface area contributed by atoms with Crippen molar-refractivity contribution in [3.05, 3.63) is 0 Å². The first-order valence-corrected chi connectivity index (χ1v) is 8.89. The summed E-state index contributed by atoms with van der Waals surface area (Å²) in [5.74, 6) is -2.31.